The van der Waals surface area contributed by atoms with Gasteiger partial charge in [-0.2, -0.15) is 13.2 Å². The van der Waals surface area contributed by atoms with Crippen LogP contribution in [0.15, 0.2) is 24.3 Å². The normalized spacial score (nSPS) is 11.2. The highest BCUT2D eigenvalue weighted by molar-refractivity contribution is 7.18. The van der Waals surface area contributed by atoms with Gasteiger partial charge in [-0.25, -0.2) is 0 Å². The van der Waals surface area contributed by atoms with Gasteiger partial charge in [0.25, 0.3) is 5.69 Å². The Balaban J connectivity index is 2.16. The second-order valence-corrected chi connectivity index (χ2v) is 4.65. The lowest BCUT2D eigenvalue weighted by atomic mass is 10.2. The van der Waals surface area contributed by atoms with E-state index in [1.54, 1.807) is 5.32 Å². The van der Waals surface area contributed by atoms with E-state index in [0.29, 0.717) is 5.56 Å². The van der Waals surface area contributed by atoms with Crippen molar-refractivity contribution in [3.63, 3.8) is 0 Å². The standard InChI is InChI=1S/C10H5F3N4O3S/c11-10(12,13)8(18)14-9-16-15-7(21-9)5-1-3-6(4-2-5)17(19)20/h1-4H,(H,14,16,18). The number of anilines is 1. The summed E-state index contributed by atoms with van der Waals surface area (Å²) in [6.07, 6.45) is -5.01. The monoisotopic (exact) mass is 318 g/mol. The van der Waals surface area contributed by atoms with Crippen molar-refractivity contribution >= 4 is 28.1 Å². The molecule has 1 heterocycles. The van der Waals surface area contributed by atoms with Crippen molar-refractivity contribution in [2.45, 2.75) is 6.18 Å². The van der Waals surface area contributed by atoms with E-state index in [0.717, 1.165) is 11.3 Å². The second kappa shape index (κ2) is 5.44. The molecule has 0 bridgehead atoms. The third kappa shape index (κ3) is 3.51. The summed E-state index contributed by atoms with van der Waals surface area (Å²) < 4.78 is 36.2. The Bertz CT molecular complexity index is 684. The highest BCUT2D eigenvalue weighted by atomic mass is 32.1. The van der Waals surface area contributed by atoms with Crippen LogP contribution in [0.2, 0.25) is 0 Å². The molecular formula is C10H5F3N4O3S. The lowest BCUT2D eigenvalue weighted by molar-refractivity contribution is -0.384. The van der Waals surface area contributed by atoms with Gasteiger partial charge in [0.05, 0.1) is 4.92 Å². The first-order valence-corrected chi connectivity index (χ1v) is 6.05. The number of amides is 1. The first-order valence-electron chi connectivity index (χ1n) is 5.24. The molecule has 1 aromatic heterocycles. The van der Waals surface area contributed by atoms with Crippen molar-refractivity contribution in [3.05, 3.63) is 34.4 Å². The first-order chi connectivity index (χ1) is 9.77. The van der Waals surface area contributed by atoms with Crippen molar-refractivity contribution in [3.8, 4) is 10.6 Å². The Morgan fingerprint density at radius 2 is 1.86 bits per heavy atom. The molecule has 0 atom stereocenters. The molecule has 1 amide bonds. The molecule has 0 aliphatic rings. The summed E-state index contributed by atoms with van der Waals surface area (Å²) in [5, 5.41) is 19.0. The molecule has 110 valence electrons. The maximum Gasteiger partial charge on any atom is 0.471 e. The van der Waals surface area contributed by atoms with Gasteiger partial charge in [-0.3, -0.25) is 20.2 Å². The van der Waals surface area contributed by atoms with Crippen molar-refractivity contribution in [1.29, 1.82) is 0 Å². The molecule has 0 aliphatic heterocycles. The van der Waals surface area contributed by atoms with Crippen molar-refractivity contribution in [2.75, 3.05) is 5.32 Å². The number of alkyl halides is 3. The van der Waals surface area contributed by atoms with Crippen LogP contribution in [-0.2, 0) is 4.79 Å². The van der Waals surface area contributed by atoms with Gasteiger partial charge in [0, 0.05) is 17.7 Å². The van der Waals surface area contributed by atoms with Crippen LogP contribution in [0, 0.1) is 10.1 Å². The van der Waals surface area contributed by atoms with Crippen LogP contribution in [0.25, 0.3) is 10.6 Å². The van der Waals surface area contributed by atoms with Crippen LogP contribution in [0.1, 0.15) is 0 Å². The Kier molecular flexibility index (Phi) is 3.84. The van der Waals surface area contributed by atoms with E-state index in [2.05, 4.69) is 10.2 Å². The summed E-state index contributed by atoms with van der Waals surface area (Å²) >= 11 is 0.721. The molecule has 0 fully saturated rings. The van der Waals surface area contributed by atoms with E-state index >= 15 is 0 Å². The van der Waals surface area contributed by atoms with Crippen LogP contribution < -0.4 is 5.32 Å². The lowest BCUT2D eigenvalue weighted by Crippen LogP contribution is -2.29. The Labute approximate surface area is 118 Å². The van der Waals surface area contributed by atoms with E-state index in [-0.39, 0.29) is 15.8 Å². The predicted octanol–water partition coefficient (Wildman–Crippen LogP) is 2.61. The number of aromatic nitrogens is 2. The molecule has 0 unspecified atom stereocenters. The van der Waals surface area contributed by atoms with Gasteiger partial charge in [-0.05, 0) is 12.1 Å². The number of nitro benzene ring substituents is 1. The number of nitrogens with zero attached hydrogens (tertiary/aromatic N) is 3. The van der Waals surface area contributed by atoms with E-state index in [1.807, 2.05) is 0 Å². The minimum Gasteiger partial charge on any atom is -0.293 e. The maximum atomic E-state index is 12.1. The van der Waals surface area contributed by atoms with E-state index in [4.69, 9.17) is 0 Å². The fourth-order valence-electron chi connectivity index (χ4n) is 1.28. The van der Waals surface area contributed by atoms with Crippen LogP contribution in [0.5, 0.6) is 0 Å². The zero-order chi connectivity index (χ0) is 15.6. The number of non-ortho nitro benzene ring substituents is 1. The van der Waals surface area contributed by atoms with Crippen LogP contribution >= 0.6 is 11.3 Å². The number of nitro groups is 1. The third-order valence-electron chi connectivity index (χ3n) is 2.23. The number of carbonyl (C=O) groups excluding carboxylic acids is 1. The molecule has 11 heteroatoms. The van der Waals surface area contributed by atoms with Gasteiger partial charge in [0.1, 0.15) is 5.01 Å². The molecule has 0 aliphatic carbocycles. The SMILES string of the molecule is O=C(Nc1nnc(-c2ccc([N+](=O)[O-])cc2)s1)C(F)(F)F. The Hall–Kier alpha value is -2.56. The molecule has 0 saturated heterocycles. The first kappa shape index (κ1) is 14.8. The molecule has 0 spiro atoms. The minimum atomic E-state index is -5.01. The fraction of sp³-hybridized carbons (Fsp3) is 0.100. The quantitative estimate of drug-likeness (QED) is 0.693. The summed E-state index contributed by atoms with van der Waals surface area (Å²) in [7, 11) is 0. The van der Waals surface area contributed by atoms with Gasteiger partial charge in [-0.1, -0.05) is 11.3 Å². The molecule has 1 aromatic carbocycles. The summed E-state index contributed by atoms with van der Waals surface area (Å²) in [5.74, 6) is -2.14. The summed E-state index contributed by atoms with van der Waals surface area (Å²) in [4.78, 5) is 20.6. The topological polar surface area (TPSA) is 98.0 Å². The average molecular weight is 318 g/mol. The van der Waals surface area contributed by atoms with Gasteiger partial charge in [0.15, 0.2) is 0 Å². The third-order valence-corrected chi connectivity index (χ3v) is 3.12. The van der Waals surface area contributed by atoms with Crippen molar-refractivity contribution in [1.82, 2.24) is 10.2 Å². The molecule has 0 radical (unpaired) electrons. The van der Waals surface area contributed by atoms with Gasteiger partial charge in [-0.15, -0.1) is 10.2 Å². The Morgan fingerprint density at radius 1 is 1.24 bits per heavy atom. The number of hydrogen-bond donors (Lipinski definition) is 1. The molecule has 0 saturated carbocycles. The smallest absolute Gasteiger partial charge is 0.293 e. The van der Waals surface area contributed by atoms with E-state index in [9.17, 15) is 28.1 Å². The van der Waals surface area contributed by atoms with Crippen molar-refractivity contribution in [2.24, 2.45) is 0 Å². The predicted molar refractivity (Wildman–Crippen MR) is 66.7 cm³/mol. The number of benzene rings is 1. The highest BCUT2D eigenvalue weighted by Crippen LogP contribution is 2.28. The van der Waals surface area contributed by atoms with E-state index < -0.39 is 17.0 Å². The van der Waals surface area contributed by atoms with Crippen LogP contribution in [-0.4, -0.2) is 27.2 Å². The average Bonchev–Trinajstić information content (AvgIpc) is 2.86. The largest absolute Gasteiger partial charge is 0.471 e. The van der Waals surface area contributed by atoms with Gasteiger partial charge >= 0.3 is 12.1 Å². The minimum absolute atomic E-state index is 0.131. The summed E-state index contributed by atoms with van der Waals surface area (Å²) in [5.41, 5.74) is 0.305. The summed E-state index contributed by atoms with van der Waals surface area (Å²) in [6, 6.07) is 5.22. The number of halogens is 3. The zero-order valence-electron chi connectivity index (χ0n) is 9.92. The molecule has 2 rings (SSSR count). The second-order valence-electron chi connectivity index (χ2n) is 3.67. The molecule has 1 N–H and O–H groups in total. The Morgan fingerprint density at radius 3 is 2.38 bits per heavy atom. The number of carbonyl (C=O) groups is 1. The van der Waals surface area contributed by atoms with Crippen LogP contribution in [0.4, 0.5) is 24.0 Å². The van der Waals surface area contributed by atoms with E-state index in [1.165, 1.54) is 24.3 Å². The molecular weight excluding hydrogens is 313 g/mol. The van der Waals surface area contributed by atoms with Gasteiger partial charge < -0.3 is 0 Å². The van der Waals surface area contributed by atoms with Crippen molar-refractivity contribution < 1.29 is 22.9 Å². The molecule has 7 nitrogen and oxygen atoms in total. The number of rotatable bonds is 3. The number of hydrogen-bond acceptors (Lipinski definition) is 6. The fourth-order valence-corrected chi connectivity index (χ4v) is 2.03. The summed E-state index contributed by atoms with van der Waals surface area (Å²) in [6.45, 7) is 0. The molecule has 21 heavy (non-hydrogen) atoms. The highest BCUT2D eigenvalue weighted by Gasteiger charge is 2.39. The van der Waals surface area contributed by atoms with Crippen LogP contribution in [0.3, 0.4) is 0 Å². The zero-order valence-corrected chi connectivity index (χ0v) is 10.7. The molecule has 2 aromatic rings. The lowest BCUT2D eigenvalue weighted by Gasteiger charge is -2.03. The number of nitrogens with one attached hydrogen (secondary N) is 1. The maximum absolute atomic E-state index is 12.1. The van der Waals surface area contributed by atoms with Gasteiger partial charge in [0.2, 0.25) is 5.13 Å².